The van der Waals surface area contributed by atoms with Crippen LogP contribution >= 0.6 is 15.9 Å². The molecule has 29 heavy (non-hydrogen) atoms. The minimum atomic E-state index is -0.195. The molecule has 7 heteroatoms. The number of hydrogen-bond acceptors (Lipinski definition) is 3. The number of halogens is 1. The monoisotopic (exact) mass is 454 g/mol. The third kappa shape index (κ3) is 4.62. The van der Waals surface area contributed by atoms with Gasteiger partial charge < -0.3 is 20.1 Å². The summed E-state index contributed by atoms with van der Waals surface area (Å²) in [5, 5.41) is 3.82. The summed E-state index contributed by atoms with van der Waals surface area (Å²) in [5.74, 6) is -0.113. The van der Waals surface area contributed by atoms with Gasteiger partial charge >= 0.3 is 0 Å². The van der Waals surface area contributed by atoms with E-state index in [4.69, 9.17) is 0 Å². The van der Waals surface area contributed by atoms with Gasteiger partial charge in [0.1, 0.15) is 5.69 Å². The van der Waals surface area contributed by atoms with E-state index in [0.29, 0.717) is 31.7 Å². The van der Waals surface area contributed by atoms with Crippen molar-refractivity contribution in [1.82, 2.24) is 15.2 Å². The predicted molar refractivity (Wildman–Crippen MR) is 118 cm³/mol. The molecule has 0 spiro atoms. The van der Waals surface area contributed by atoms with Gasteiger partial charge in [0.15, 0.2) is 0 Å². The second-order valence-electron chi connectivity index (χ2n) is 7.12. The lowest BCUT2D eigenvalue weighted by Crippen LogP contribution is -2.49. The Bertz CT molecular complexity index is 1010. The van der Waals surface area contributed by atoms with Crippen LogP contribution < -0.4 is 10.2 Å². The fourth-order valence-corrected chi connectivity index (χ4v) is 3.97. The van der Waals surface area contributed by atoms with Crippen molar-refractivity contribution in [3.63, 3.8) is 0 Å². The molecule has 4 rings (SSSR count). The van der Waals surface area contributed by atoms with Gasteiger partial charge in [0.2, 0.25) is 5.91 Å². The molecule has 0 unspecified atom stereocenters. The number of carbonyl (C=O) groups is 2. The molecule has 0 radical (unpaired) electrons. The molecule has 2 aromatic carbocycles. The molecular weight excluding hydrogens is 432 g/mol. The molecule has 2 N–H and O–H groups in total. The van der Waals surface area contributed by atoms with Gasteiger partial charge in [0.25, 0.3) is 5.91 Å². The highest BCUT2D eigenvalue weighted by atomic mass is 79.9. The third-order valence-corrected chi connectivity index (χ3v) is 5.70. The van der Waals surface area contributed by atoms with Crippen LogP contribution in [0.25, 0.3) is 10.9 Å². The average Bonchev–Trinajstić information content (AvgIpc) is 3.17. The van der Waals surface area contributed by atoms with Crippen LogP contribution in [0.4, 0.5) is 5.69 Å². The summed E-state index contributed by atoms with van der Waals surface area (Å²) in [6.07, 6.45) is 0.308. The quantitative estimate of drug-likeness (QED) is 0.620. The lowest BCUT2D eigenvalue weighted by Gasteiger charge is -2.36. The number of fused-ring (bicyclic) bond motifs is 1. The molecule has 2 amide bonds. The Labute approximate surface area is 178 Å². The topological polar surface area (TPSA) is 68.4 Å². The van der Waals surface area contributed by atoms with Crippen LogP contribution in [0.15, 0.2) is 59.1 Å². The number of anilines is 1. The lowest BCUT2D eigenvalue weighted by atomic mass is 10.2. The van der Waals surface area contributed by atoms with Crippen molar-refractivity contribution in [3.8, 4) is 0 Å². The highest BCUT2D eigenvalue weighted by Gasteiger charge is 2.21. The Hall–Kier alpha value is -2.80. The zero-order chi connectivity index (χ0) is 20.2. The molecule has 1 aromatic heterocycles. The zero-order valence-electron chi connectivity index (χ0n) is 16.0. The smallest absolute Gasteiger partial charge is 0.267 e. The van der Waals surface area contributed by atoms with Crippen molar-refractivity contribution in [2.45, 2.75) is 6.42 Å². The SMILES string of the molecule is O=C(NCCC(=O)N1CCN(c2ccccc2)CC1)c1cc2ccc(Br)cc2[nH]1. The molecule has 2 heterocycles. The second-order valence-corrected chi connectivity index (χ2v) is 8.04. The molecule has 0 saturated carbocycles. The van der Waals surface area contributed by atoms with E-state index in [-0.39, 0.29) is 11.8 Å². The fraction of sp³-hybridized carbons (Fsp3) is 0.273. The van der Waals surface area contributed by atoms with Gasteiger partial charge in [0.05, 0.1) is 0 Å². The highest BCUT2D eigenvalue weighted by molar-refractivity contribution is 9.10. The third-order valence-electron chi connectivity index (χ3n) is 5.21. The van der Waals surface area contributed by atoms with Crippen molar-refractivity contribution in [1.29, 1.82) is 0 Å². The average molecular weight is 455 g/mol. The maximum Gasteiger partial charge on any atom is 0.267 e. The summed E-state index contributed by atoms with van der Waals surface area (Å²) in [6, 6.07) is 17.9. The van der Waals surface area contributed by atoms with E-state index in [1.807, 2.05) is 47.4 Å². The largest absolute Gasteiger partial charge is 0.368 e. The Morgan fingerprint density at radius 1 is 1.00 bits per heavy atom. The number of aromatic nitrogens is 1. The summed E-state index contributed by atoms with van der Waals surface area (Å²) in [5.41, 5.74) is 2.59. The molecule has 0 atom stereocenters. The molecular formula is C22H23BrN4O2. The van der Waals surface area contributed by atoms with Crippen molar-refractivity contribution in [3.05, 3.63) is 64.8 Å². The number of amides is 2. The van der Waals surface area contributed by atoms with Gasteiger partial charge in [-0.2, -0.15) is 0 Å². The minimum absolute atomic E-state index is 0.0820. The Balaban J connectivity index is 1.24. The second kappa shape index (κ2) is 8.69. The molecule has 1 saturated heterocycles. The van der Waals surface area contributed by atoms with E-state index >= 15 is 0 Å². The fourth-order valence-electron chi connectivity index (χ4n) is 3.61. The van der Waals surface area contributed by atoms with Gasteiger partial charge in [-0.05, 0) is 30.3 Å². The number of piperazine rings is 1. The van der Waals surface area contributed by atoms with E-state index in [1.165, 1.54) is 5.69 Å². The molecule has 150 valence electrons. The van der Waals surface area contributed by atoms with Crippen molar-refractivity contribution >= 4 is 44.3 Å². The van der Waals surface area contributed by atoms with E-state index in [9.17, 15) is 9.59 Å². The summed E-state index contributed by atoms with van der Waals surface area (Å²) >= 11 is 3.43. The Kier molecular flexibility index (Phi) is 5.85. The maximum atomic E-state index is 12.5. The summed E-state index contributed by atoms with van der Waals surface area (Å²) in [7, 11) is 0. The first-order chi connectivity index (χ1) is 14.1. The van der Waals surface area contributed by atoms with Crippen LogP contribution in [0.1, 0.15) is 16.9 Å². The number of nitrogens with one attached hydrogen (secondary N) is 2. The highest BCUT2D eigenvalue weighted by Crippen LogP contribution is 2.20. The number of carbonyl (C=O) groups excluding carboxylic acids is 2. The van der Waals surface area contributed by atoms with Crippen molar-refractivity contribution < 1.29 is 9.59 Å². The first kappa shape index (κ1) is 19.5. The molecule has 1 aliphatic rings. The first-order valence-corrected chi connectivity index (χ1v) is 10.5. The van der Waals surface area contributed by atoms with Gasteiger partial charge in [0, 0.05) is 60.2 Å². The normalized spacial score (nSPS) is 14.2. The number of rotatable bonds is 5. The summed E-state index contributed by atoms with van der Waals surface area (Å²) in [4.78, 5) is 32.1. The van der Waals surface area contributed by atoms with Crippen molar-refractivity contribution in [2.24, 2.45) is 0 Å². The molecule has 6 nitrogen and oxygen atoms in total. The van der Waals surface area contributed by atoms with Crippen LogP contribution in [0, 0.1) is 0 Å². The van der Waals surface area contributed by atoms with Gasteiger partial charge in [-0.1, -0.05) is 40.2 Å². The van der Waals surface area contributed by atoms with E-state index < -0.39 is 0 Å². The van der Waals surface area contributed by atoms with E-state index in [1.54, 1.807) is 0 Å². The van der Waals surface area contributed by atoms with Crippen LogP contribution in [0.3, 0.4) is 0 Å². The Morgan fingerprint density at radius 2 is 1.76 bits per heavy atom. The zero-order valence-corrected chi connectivity index (χ0v) is 17.6. The lowest BCUT2D eigenvalue weighted by molar-refractivity contribution is -0.131. The van der Waals surface area contributed by atoms with Crippen LogP contribution in [-0.2, 0) is 4.79 Å². The minimum Gasteiger partial charge on any atom is -0.368 e. The van der Waals surface area contributed by atoms with Gasteiger partial charge in [-0.25, -0.2) is 0 Å². The van der Waals surface area contributed by atoms with Crippen molar-refractivity contribution in [2.75, 3.05) is 37.6 Å². The van der Waals surface area contributed by atoms with Crippen LogP contribution in [-0.4, -0.2) is 54.4 Å². The molecule has 1 aliphatic heterocycles. The molecule has 3 aromatic rings. The molecule has 0 aliphatic carbocycles. The standard InChI is InChI=1S/C22H23BrN4O2/c23-17-7-6-16-14-20(25-19(16)15-17)22(29)24-9-8-21(28)27-12-10-26(11-13-27)18-4-2-1-3-5-18/h1-7,14-15,25H,8-13H2,(H,24,29). The van der Waals surface area contributed by atoms with Crippen LogP contribution in [0.2, 0.25) is 0 Å². The summed E-state index contributed by atoms with van der Waals surface area (Å²) in [6.45, 7) is 3.40. The number of H-pyrrole nitrogens is 1. The maximum absolute atomic E-state index is 12.5. The van der Waals surface area contributed by atoms with E-state index in [2.05, 4.69) is 43.3 Å². The number of nitrogens with zero attached hydrogens (tertiary/aromatic N) is 2. The predicted octanol–water partition coefficient (Wildman–Crippen LogP) is 3.40. The van der Waals surface area contributed by atoms with Crippen LogP contribution in [0.5, 0.6) is 0 Å². The van der Waals surface area contributed by atoms with Gasteiger partial charge in [-0.3, -0.25) is 9.59 Å². The number of para-hydroxylation sites is 1. The number of benzene rings is 2. The number of hydrogen-bond donors (Lipinski definition) is 2. The number of aromatic amines is 1. The van der Waals surface area contributed by atoms with Gasteiger partial charge in [-0.15, -0.1) is 0 Å². The molecule has 1 fully saturated rings. The first-order valence-electron chi connectivity index (χ1n) is 9.74. The molecule has 0 bridgehead atoms. The summed E-state index contributed by atoms with van der Waals surface area (Å²) < 4.78 is 0.955. The van der Waals surface area contributed by atoms with E-state index in [0.717, 1.165) is 28.5 Å². The Morgan fingerprint density at radius 3 is 2.52 bits per heavy atom.